The lowest BCUT2D eigenvalue weighted by Crippen LogP contribution is -2.28. The lowest BCUT2D eigenvalue weighted by Gasteiger charge is -2.10. The summed E-state index contributed by atoms with van der Waals surface area (Å²) >= 11 is 0. The third-order valence-electron chi connectivity index (χ3n) is 4.52. The van der Waals surface area contributed by atoms with Crippen molar-refractivity contribution in [1.82, 2.24) is 14.3 Å². The summed E-state index contributed by atoms with van der Waals surface area (Å²) < 4.78 is 42.0. The minimum Gasteiger partial charge on any atom is -0.310 e. The average Bonchev–Trinajstić information content (AvgIpc) is 3.14. The first-order chi connectivity index (χ1) is 13.9. The minimum absolute atomic E-state index is 0.0280. The molecule has 0 aliphatic heterocycles. The van der Waals surface area contributed by atoms with Gasteiger partial charge in [-0.25, -0.2) is 4.68 Å². The van der Waals surface area contributed by atoms with Crippen LogP contribution >= 0.6 is 0 Å². The Labute approximate surface area is 164 Å². The van der Waals surface area contributed by atoms with Crippen molar-refractivity contribution in [3.05, 3.63) is 107 Å². The highest BCUT2D eigenvalue weighted by atomic mass is 19.4. The van der Waals surface area contributed by atoms with E-state index < -0.39 is 17.3 Å². The first kappa shape index (κ1) is 18.7. The molecule has 4 aromatic rings. The molecule has 2 heterocycles. The van der Waals surface area contributed by atoms with E-state index >= 15 is 0 Å². The Bertz CT molecular complexity index is 1180. The van der Waals surface area contributed by atoms with E-state index in [9.17, 15) is 18.0 Å². The van der Waals surface area contributed by atoms with Crippen molar-refractivity contribution in [3.8, 4) is 16.9 Å². The van der Waals surface area contributed by atoms with E-state index in [2.05, 4.69) is 5.10 Å². The van der Waals surface area contributed by atoms with Gasteiger partial charge in [-0.3, -0.25) is 4.79 Å². The highest BCUT2D eigenvalue weighted by Gasteiger charge is 2.34. The van der Waals surface area contributed by atoms with Crippen LogP contribution in [0.5, 0.6) is 0 Å². The number of alkyl halides is 3. The standard InChI is InChI=1S/C22H16F3N3O/c23-22(24,25)19-12-7-13-27(21(19)29)14-17-15-28(18-10-5-2-6-11-18)26-20(17)16-8-3-1-4-9-16/h1-13,15H,14H2. The van der Waals surface area contributed by atoms with Crippen LogP contribution in [0.2, 0.25) is 0 Å². The van der Waals surface area contributed by atoms with E-state index in [0.29, 0.717) is 11.3 Å². The maximum atomic E-state index is 13.1. The average molecular weight is 395 g/mol. The van der Waals surface area contributed by atoms with Crippen LogP contribution in [-0.2, 0) is 12.7 Å². The molecular formula is C22H16F3N3O. The summed E-state index contributed by atoms with van der Waals surface area (Å²) in [5, 5.41) is 4.63. The summed E-state index contributed by atoms with van der Waals surface area (Å²) in [5.41, 5.74) is 0.618. The van der Waals surface area contributed by atoms with Crippen LogP contribution in [-0.4, -0.2) is 14.3 Å². The van der Waals surface area contributed by atoms with Crippen LogP contribution in [0, 0.1) is 0 Å². The zero-order chi connectivity index (χ0) is 20.4. The molecule has 0 spiro atoms. The molecule has 0 saturated heterocycles. The van der Waals surface area contributed by atoms with E-state index in [1.165, 1.54) is 12.3 Å². The maximum absolute atomic E-state index is 13.1. The van der Waals surface area contributed by atoms with Gasteiger partial charge in [0.25, 0.3) is 5.56 Å². The zero-order valence-electron chi connectivity index (χ0n) is 15.2. The number of rotatable bonds is 4. The van der Waals surface area contributed by atoms with Crippen molar-refractivity contribution < 1.29 is 13.2 Å². The van der Waals surface area contributed by atoms with Gasteiger partial charge in [0, 0.05) is 23.5 Å². The maximum Gasteiger partial charge on any atom is 0.421 e. The number of hydrogen-bond donors (Lipinski definition) is 0. The Morgan fingerprint density at radius 2 is 1.52 bits per heavy atom. The second-order valence-corrected chi connectivity index (χ2v) is 6.50. The van der Waals surface area contributed by atoms with Gasteiger partial charge >= 0.3 is 6.18 Å². The molecule has 0 N–H and O–H groups in total. The fraction of sp³-hybridized carbons (Fsp3) is 0.0909. The molecule has 4 rings (SSSR count). The van der Waals surface area contributed by atoms with Crippen molar-refractivity contribution in [3.63, 3.8) is 0 Å². The van der Waals surface area contributed by atoms with Crippen LogP contribution in [0.3, 0.4) is 0 Å². The number of aromatic nitrogens is 3. The molecule has 0 aliphatic carbocycles. The van der Waals surface area contributed by atoms with Crippen molar-refractivity contribution in [2.45, 2.75) is 12.7 Å². The van der Waals surface area contributed by atoms with E-state index in [1.54, 1.807) is 10.9 Å². The van der Waals surface area contributed by atoms with Crippen molar-refractivity contribution >= 4 is 0 Å². The lowest BCUT2D eigenvalue weighted by molar-refractivity contribution is -0.138. The summed E-state index contributed by atoms with van der Waals surface area (Å²) in [6, 6.07) is 20.7. The second-order valence-electron chi connectivity index (χ2n) is 6.50. The third kappa shape index (κ3) is 3.85. The zero-order valence-corrected chi connectivity index (χ0v) is 15.2. The number of hydrogen-bond acceptors (Lipinski definition) is 2. The molecule has 0 aliphatic rings. The first-order valence-corrected chi connectivity index (χ1v) is 8.89. The molecule has 146 valence electrons. The number of para-hydroxylation sites is 1. The summed E-state index contributed by atoms with van der Waals surface area (Å²) in [6.07, 6.45) is -1.60. The normalized spacial score (nSPS) is 11.6. The molecule has 0 fully saturated rings. The van der Waals surface area contributed by atoms with Crippen molar-refractivity contribution in [1.29, 1.82) is 0 Å². The number of pyridine rings is 1. The third-order valence-corrected chi connectivity index (χ3v) is 4.52. The number of benzene rings is 2. The molecule has 0 bridgehead atoms. The van der Waals surface area contributed by atoms with Gasteiger partial charge in [-0.15, -0.1) is 0 Å². The first-order valence-electron chi connectivity index (χ1n) is 8.89. The minimum atomic E-state index is -4.70. The lowest BCUT2D eigenvalue weighted by atomic mass is 10.1. The quantitative estimate of drug-likeness (QED) is 0.500. The molecule has 4 nitrogen and oxygen atoms in total. The van der Waals surface area contributed by atoms with Gasteiger partial charge in [0.05, 0.1) is 17.9 Å². The van der Waals surface area contributed by atoms with Crippen molar-refractivity contribution in [2.75, 3.05) is 0 Å². The predicted molar refractivity (Wildman–Crippen MR) is 104 cm³/mol. The van der Waals surface area contributed by atoms with Gasteiger partial charge in [0.2, 0.25) is 0 Å². The largest absolute Gasteiger partial charge is 0.421 e. The molecule has 2 aromatic carbocycles. The molecule has 2 aromatic heterocycles. The SMILES string of the molecule is O=c1c(C(F)(F)F)cccn1Cc1cn(-c2ccccc2)nc1-c1ccccc1. The molecule has 0 unspecified atom stereocenters. The van der Waals surface area contributed by atoms with Crippen LogP contribution in [0.25, 0.3) is 16.9 Å². The molecule has 7 heteroatoms. The van der Waals surface area contributed by atoms with Crippen LogP contribution in [0.15, 0.2) is 90.0 Å². The molecule has 0 radical (unpaired) electrons. The highest BCUT2D eigenvalue weighted by molar-refractivity contribution is 5.63. The fourth-order valence-electron chi connectivity index (χ4n) is 3.14. The van der Waals surface area contributed by atoms with E-state index in [4.69, 9.17) is 0 Å². The van der Waals surface area contributed by atoms with E-state index in [1.807, 2.05) is 60.7 Å². The molecule has 0 atom stereocenters. The Morgan fingerprint density at radius 3 is 2.17 bits per heavy atom. The monoisotopic (exact) mass is 395 g/mol. The molecule has 0 saturated carbocycles. The fourth-order valence-corrected chi connectivity index (χ4v) is 3.14. The van der Waals surface area contributed by atoms with E-state index in [-0.39, 0.29) is 6.54 Å². The Morgan fingerprint density at radius 1 is 0.862 bits per heavy atom. The molecule has 29 heavy (non-hydrogen) atoms. The van der Waals surface area contributed by atoms with E-state index in [0.717, 1.165) is 21.9 Å². The van der Waals surface area contributed by atoms with Gasteiger partial charge in [-0.2, -0.15) is 18.3 Å². The number of halogens is 3. The van der Waals surface area contributed by atoms with Crippen molar-refractivity contribution in [2.24, 2.45) is 0 Å². The molecule has 0 amide bonds. The van der Waals surface area contributed by atoms with Gasteiger partial charge in [-0.05, 0) is 24.3 Å². The summed E-state index contributed by atoms with van der Waals surface area (Å²) in [5.74, 6) is 0. The second kappa shape index (κ2) is 7.43. The smallest absolute Gasteiger partial charge is 0.310 e. The highest BCUT2D eigenvalue weighted by Crippen LogP contribution is 2.27. The summed E-state index contributed by atoms with van der Waals surface area (Å²) in [7, 11) is 0. The Hall–Kier alpha value is -3.61. The van der Waals surface area contributed by atoms with Gasteiger partial charge in [0.1, 0.15) is 5.56 Å². The number of nitrogens with zero attached hydrogens (tertiary/aromatic N) is 3. The van der Waals surface area contributed by atoms with Crippen LogP contribution in [0.4, 0.5) is 13.2 Å². The predicted octanol–water partition coefficient (Wildman–Crippen LogP) is 4.77. The summed E-state index contributed by atoms with van der Waals surface area (Å²) in [4.78, 5) is 12.4. The van der Waals surface area contributed by atoms with Crippen LogP contribution < -0.4 is 5.56 Å². The van der Waals surface area contributed by atoms with Gasteiger partial charge < -0.3 is 4.57 Å². The van der Waals surface area contributed by atoms with Gasteiger partial charge in [-0.1, -0.05) is 48.5 Å². The molecular weight excluding hydrogens is 379 g/mol. The van der Waals surface area contributed by atoms with Gasteiger partial charge in [0.15, 0.2) is 0 Å². The summed E-state index contributed by atoms with van der Waals surface area (Å²) in [6.45, 7) is -0.0280. The van der Waals surface area contributed by atoms with Crippen LogP contribution in [0.1, 0.15) is 11.1 Å². The topological polar surface area (TPSA) is 39.8 Å². The Balaban J connectivity index is 1.82. The Kier molecular flexibility index (Phi) is 4.80.